The number of anilines is 1. The highest BCUT2D eigenvalue weighted by Gasteiger charge is 2.21. The molecule has 1 fully saturated rings. The van der Waals surface area contributed by atoms with E-state index in [0.29, 0.717) is 18.4 Å². The van der Waals surface area contributed by atoms with Crippen LogP contribution in [-0.2, 0) is 6.54 Å². The summed E-state index contributed by atoms with van der Waals surface area (Å²) in [7, 11) is 0. The molecule has 100 valence electrons. The minimum atomic E-state index is 0.193. The van der Waals surface area contributed by atoms with E-state index >= 15 is 0 Å². The van der Waals surface area contributed by atoms with E-state index in [0.717, 1.165) is 12.2 Å². The van der Waals surface area contributed by atoms with Crippen molar-refractivity contribution in [1.29, 1.82) is 0 Å². The van der Waals surface area contributed by atoms with Gasteiger partial charge < -0.3 is 10.8 Å². The fourth-order valence-corrected chi connectivity index (χ4v) is 2.62. The lowest BCUT2D eigenvalue weighted by molar-refractivity contribution is 0.116. The molecular weight excluding hydrogens is 228 g/mol. The van der Waals surface area contributed by atoms with Gasteiger partial charge in [-0.05, 0) is 12.8 Å². The fraction of sp³-hybridized carbons (Fsp3) is 0.692. The van der Waals surface area contributed by atoms with E-state index in [1.165, 1.54) is 32.1 Å². The standard InChI is InChI=1S/C13H22N4O/c14-13-9-15-11(8-16-13)10-17(6-7-18)12-4-2-1-3-5-12/h8-9,12,18H,1-7,10H2,(H2,14,16). The van der Waals surface area contributed by atoms with Gasteiger partial charge in [0, 0.05) is 19.1 Å². The van der Waals surface area contributed by atoms with Gasteiger partial charge in [-0.1, -0.05) is 19.3 Å². The highest BCUT2D eigenvalue weighted by molar-refractivity contribution is 5.22. The monoisotopic (exact) mass is 250 g/mol. The van der Waals surface area contributed by atoms with Crippen LogP contribution in [0.15, 0.2) is 12.4 Å². The predicted octanol–water partition coefficient (Wildman–Crippen LogP) is 1.19. The fourth-order valence-electron chi connectivity index (χ4n) is 2.62. The van der Waals surface area contributed by atoms with Gasteiger partial charge in [0.05, 0.1) is 24.7 Å². The van der Waals surface area contributed by atoms with Crippen LogP contribution in [0.25, 0.3) is 0 Å². The van der Waals surface area contributed by atoms with Crippen molar-refractivity contribution in [1.82, 2.24) is 14.9 Å². The first-order valence-electron chi connectivity index (χ1n) is 6.71. The molecule has 0 atom stereocenters. The Morgan fingerprint density at radius 1 is 1.22 bits per heavy atom. The summed E-state index contributed by atoms with van der Waals surface area (Å²) >= 11 is 0. The number of aliphatic hydroxyl groups excluding tert-OH is 1. The summed E-state index contributed by atoms with van der Waals surface area (Å²) in [4.78, 5) is 10.7. The summed E-state index contributed by atoms with van der Waals surface area (Å²) < 4.78 is 0. The molecule has 1 saturated carbocycles. The van der Waals surface area contributed by atoms with Gasteiger partial charge in [-0.2, -0.15) is 0 Å². The maximum Gasteiger partial charge on any atom is 0.141 e. The molecule has 1 aliphatic carbocycles. The van der Waals surface area contributed by atoms with Crippen LogP contribution in [0.4, 0.5) is 5.82 Å². The van der Waals surface area contributed by atoms with Gasteiger partial charge in [0.25, 0.3) is 0 Å². The summed E-state index contributed by atoms with van der Waals surface area (Å²) in [6.07, 6.45) is 9.69. The van der Waals surface area contributed by atoms with Crippen molar-refractivity contribution >= 4 is 5.82 Å². The van der Waals surface area contributed by atoms with Crippen LogP contribution in [0.3, 0.4) is 0 Å². The summed E-state index contributed by atoms with van der Waals surface area (Å²) in [5, 5.41) is 9.19. The lowest BCUT2D eigenvalue weighted by atomic mass is 9.94. The maximum absolute atomic E-state index is 9.19. The second kappa shape index (κ2) is 6.66. The maximum atomic E-state index is 9.19. The second-order valence-electron chi connectivity index (χ2n) is 4.92. The van der Waals surface area contributed by atoms with Crippen LogP contribution in [0.2, 0.25) is 0 Å². The van der Waals surface area contributed by atoms with Crippen molar-refractivity contribution in [2.75, 3.05) is 18.9 Å². The Labute approximate surface area is 108 Å². The number of nitrogens with two attached hydrogens (primary N) is 1. The van der Waals surface area contributed by atoms with E-state index < -0.39 is 0 Å². The van der Waals surface area contributed by atoms with Crippen LogP contribution in [0.5, 0.6) is 0 Å². The molecule has 0 aromatic carbocycles. The molecule has 0 bridgehead atoms. The third kappa shape index (κ3) is 3.65. The number of nitrogens with zero attached hydrogens (tertiary/aromatic N) is 3. The van der Waals surface area contributed by atoms with Crippen molar-refractivity contribution in [3.63, 3.8) is 0 Å². The highest BCUT2D eigenvalue weighted by Crippen LogP contribution is 2.23. The van der Waals surface area contributed by atoms with Gasteiger partial charge in [0.1, 0.15) is 5.82 Å². The van der Waals surface area contributed by atoms with Crippen molar-refractivity contribution in [3.05, 3.63) is 18.1 Å². The average molecular weight is 250 g/mol. The van der Waals surface area contributed by atoms with Crippen molar-refractivity contribution in [3.8, 4) is 0 Å². The number of rotatable bonds is 5. The van der Waals surface area contributed by atoms with Gasteiger partial charge in [0.15, 0.2) is 0 Å². The average Bonchev–Trinajstić information content (AvgIpc) is 2.42. The molecule has 0 amide bonds. The van der Waals surface area contributed by atoms with E-state index in [9.17, 15) is 5.11 Å². The van der Waals surface area contributed by atoms with Crippen LogP contribution >= 0.6 is 0 Å². The Kier molecular flexibility index (Phi) is 4.90. The SMILES string of the molecule is Nc1cnc(CN(CCO)C2CCCCC2)cn1. The van der Waals surface area contributed by atoms with Crippen molar-refractivity contribution in [2.45, 2.75) is 44.7 Å². The number of nitrogen functional groups attached to an aromatic ring is 1. The molecule has 1 aromatic rings. The molecule has 0 aliphatic heterocycles. The van der Waals surface area contributed by atoms with Crippen LogP contribution in [-0.4, -0.2) is 39.2 Å². The van der Waals surface area contributed by atoms with E-state index in [1.807, 2.05) is 0 Å². The number of aliphatic hydroxyl groups is 1. The molecule has 5 nitrogen and oxygen atoms in total. The Morgan fingerprint density at radius 2 is 2.00 bits per heavy atom. The van der Waals surface area contributed by atoms with Crippen LogP contribution in [0, 0.1) is 0 Å². The van der Waals surface area contributed by atoms with E-state index in [4.69, 9.17) is 5.73 Å². The number of hydrogen-bond acceptors (Lipinski definition) is 5. The molecule has 0 saturated heterocycles. The van der Waals surface area contributed by atoms with E-state index in [2.05, 4.69) is 14.9 Å². The highest BCUT2D eigenvalue weighted by atomic mass is 16.3. The van der Waals surface area contributed by atoms with Gasteiger partial charge in [0.2, 0.25) is 0 Å². The largest absolute Gasteiger partial charge is 0.395 e. The quantitative estimate of drug-likeness (QED) is 0.821. The topological polar surface area (TPSA) is 75.3 Å². The second-order valence-corrected chi connectivity index (χ2v) is 4.92. The molecule has 3 N–H and O–H groups in total. The summed E-state index contributed by atoms with van der Waals surface area (Å²) in [5.41, 5.74) is 6.45. The number of hydrogen-bond donors (Lipinski definition) is 2. The third-order valence-electron chi connectivity index (χ3n) is 3.57. The summed E-state index contributed by atoms with van der Waals surface area (Å²) in [6, 6.07) is 0.574. The Balaban J connectivity index is 1.98. The van der Waals surface area contributed by atoms with Gasteiger partial charge in [-0.3, -0.25) is 9.88 Å². The Bertz CT molecular complexity index is 349. The molecule has 18 heavy (non-hydrogen) atoms. The lowest BCUT2D eigenvalue weighted by Crippen LogP contribution is -2.38. The molecular formula is C13H22N4O. The first-order valence-corrected chi connectivity index (χ1v) is 6.71. The number of aromatic nitrogens is 2. The van der Waals surface area contributed by atoms with Crippen molar-refractivity contribution in [2.24, 2.45) is 0 Å². The van der Waals surface area contributed by atoms with Gasteiger partial charge in [-0.25, -0.2) is 4.98 Å². The minimum absolute atomic E-state index is 0.193. The molecule has 1 aromatic heterocycles. The van der Waals surface area contributed by atoms with Crippen LogP contribution < -0.4 is 5.73 Å². The molecule has 2 rings (SSSR count). The minimum Gasteiger partial charge on any atom is -0.395 e. The zero-order valence-corrected chi connectivity index (χ0v) is 10.8. The molecule has 0 unspecified atom stereocenters. The Morgan fingerprint density at radius 3 is 2.61 bits per heavy atom. The summed E-state index contributed by atoms with van der Waals surface area (Å²) in [6.45, 7) is 1.65. The third-order valence-corrected chi connectivity index (χ3v) is 3.57. The first kappa shape index (κ1) is 13.2. The molecule has 0 spiro atoms. The smallest absolute Gasteiger partial charge is 0.141 e. The zero-order valence-electron chi connectivity index (χ0n) is 10.8. The van der Waals surface area contributed by atoms with E-state index in [-0.39, 0.29) is 6.61 Å². The Hall–Kier alpha value is -1.20. The van der Waals surface area contributed by atoms with Crippen LogP contribution in [0.1, 0.15) is 37.8 Å². The molecule has 5 heteroatoms. The molecule has 0 radical (unpaired) electrons. The molecule has 1 heterocycles. The van der Waals surface area contributed by atoms with Gasteiger partial charge >= 0.3 is 0 Å². The first-order chi connectivity index (χ1) is 8.79. The predicted molar refractivity (Wildman–Crippen MR) is 70.8 cm³/mol. The normalized spacial score (nSPS) is 17.2. The zero-order chi connectivity index (χ0) is 12.8. The van der Waals surface area contributed by atoms with Crippen molar-refractivity contribution < 1.29 is 5.11 Å². The summed E-state index contributed by atoms with van der Waals surface area (Å²) in [5.74, 6) is 0.449. The lowest BCUT2D eigenvalue weighted by Gasteiger charge is -2.33. The molecule has 1 aliphatic rings. The van der Waals surface area contributed by atoms with Gasteiger partial charge in [-0.15, -0.1) is 0 Å². The van der Waals surface area contributed by atoms with E-state index in [1.54, 1.807) is 12.4 Å².